The number of amides is 1. The lowest BCUT2D eigenvalue weighted by Crippen LogP contribution is -2.45. The molecule has 0 aliphatic carbocycles. The van der Waals surface area contributed by atoms with E-state index in [9.17, 15) is 15.0 Å². The van der Waals surface area contributed by atoms with Crippen LogP contribution < -0.4 is 5.32 Å². The summed E-state index contributed by atoms with van der Waals surface area (Å²) < 4.78 is 0. The first-order valence-electron chi connectivity index (χ1n) is 26.7. The van der Waals surface area contributed by atoms with E-state index in [-0.39, 0.29) is 12.5 Å². The van der Waals surface area contributed by atoms with Crippen molar-refractivity contribution in [3.05, 3.63) is 36.5 Å². The molecule has 0 bridgehead atoms. The maximum Gasteiger partial charge on any atom is 0.220 e. The van der Waals surface area contributed by atoms with Crippen molar-refractivity contribution in [1.82, 2.24) is 5.32 Å². The molecule has 0 saturated heterocycles. The van der Waals surface area contributed by atoms with Crippen molar-refractivity contribution in [2.75, 3.05) is 6.61 Å². The molecule has 0 aliphatic heterocycles. The Kier molecular flexibility index (Phi) is 49.8. The van der Waals surface area contributed by atoms with Crippen LogP contribution in [0.15, 0.2) is 36.5 Å². The van der Waals surface area contributed by atoms with Crippen LogP contribution in [0.25, 0.3) is 0 Å². The van der Waals surface area contributed by atoms with E-state index < -0.39 is 12.1 Å². The molecule has 2 unspecified atom stereocenters. The van der Waals surface area contributed by atoms with Crippen molar-refractivity contribution < 1.29 is 15.0 Å². The van der Waals surface area contributed by atoms with E-state index in [0.717, 1.165) is 32.1 Å². The molecule has 4 heteroatoms. The van der Waals surface area contributed by atoms with Gasteiger partial charge in [0.15, 0.2) is 0 Å². The van der Waals surface area contributed by atoms with Gasteiger partial charge in [0, 0.05) is 6.42 Å². The molecule has 3 N–H and O–H groups in total. The average molecular weight is 828 g/mol. The van der Waals surface area contributed by atoms with Gasteiger partial charge in [0.2, 0.25) is 5.91 Å². The summed E-state index contributed by atoms with van der Waals surface area (Å²) in [5.41, 5.74) is 0. The topological polar surface area (TPSA) is 69.6 Å². The zero-order valence-corrected chi connectivity index (χ0v) is 40.0. The number of aliphatic hydroxyl groups excluding tert-OH is 2. The van der Waals surface area contributed by atoms with Gasteiger partial charge in [-0.3, -0.25) is 4.79 Å². The number of nitrogens with one attached hydrogen (secondary N) is 1. The third kappa shape index (κ3) is 47.5. The van der Waals surface area contributed by atoms with Crippen molar-refractivity contribution in [2.45, 2.75) is 302 Å². The Hall–Kier alpha value is -1.39. The molecule has 0 saturated carbocycles. The molecule has 0 fully saturated rings. The average Bonchev–Trinajstić information content (AvgIpc) is 3.24. The second-order valence-electron chi connectivity index (χ2n) is 18.3. The lowest BCUT2D eigenvalue weighted by molar-refractivity contribution is -0.123. The van der Waals surface area contributed by atoms with Gasteiger partial charge < -0.3 is 15.5 Å². The summed E-state index contributed by atoms with van der Waals surface area (Å²) in [7, 11) is 0. The minimum atomic E-state index is -0.841. The van der Waals surface area contributed by atoms with Crippen LogP contribution in [-0.4, -0.2) is 34.9 Å². The second kappa shape index (κ2) is 51.0. The summed E-state index contributed by atoms with van der Waals surface area (Å²) >= 11 is 0. The Morgan fingerprint density at radius 3 is 1.02 bits per heavy atom. The van der Waals surface area contributed by atoms with Crippen LogP contribution >= 0.6 is 0 Å². The number of hydrogen-bond donors (Lipinski definition) is 3. The smallest absolute Gasteiger partial charge is 0.220 e. The lowest BCUT2D eigenvalue weighted by atomic mass is 10.0. The molecule has 2 atom stereocenters. The monoisotopic (exact) mass is 828 g/mol. The maximum atomic E-state index is 12.4. The number of unbranched alkanes of at least 4 members (excludes halogenated alkanes) is 38. The van der Waals surface area contributed by atoms with Gasteiger partial charge in [0.25, 0.3) is 0 Å². The van der Waals surface area contributed by atoms with Crippen molar-refractivity contribution in [3.63, 3.8) is 0 Å². The number of carbonyl (C=O) groups excluding carboxylic acids is 1. The summed E-state index contributed by atoms with van der Waals surface area (Å²) in [4.78, 5) is 12.4. The molecule has 1 amide bonds. The van der Waals surface area contributed by atoms with Crippen LogP contribution in [0.1, 0.15) is 290 Å². The molecular formula is C55H105NO3. The van der Waals surface area contributed by atoms with E-state index in [1.54, 1.807) is 6.08 Å². The highest BCUT2D eigenvalue weighted by molar-refractivity contribution is 5.76. The first-order valence-corrected chi connectivity index (χ1v) is 26.7. The minimum absolute atomic E-state index is 0.0654. The quantitative estimate of drug-likeness (QED) is 0.0423. The van der Waals surface area contributed by atoms with Gasteiger partial charge in [-0.1, -0.05) is 269 Å². The van der Waals surface area contributed by atoms with Crippen molar-refractivity contribution in [1.29, 1.82) is 0 Å². The predicted octanol–water partition coefficient (Wildman–Crippen LogP) is 17.3. The van der Waals surface area contributed by atoms with Crippen molar-refractivity contribution in [2.24, 2.45) is 0 Å². The molecule has 59 heavy (non-hydrogen) atoms. The van der Waals surface area contributed by atoms with Crippen LogP contribution in [0, 0.1) is 0 Å². The molecule has 0 aromatic heterocycles. The molecule has 0 aliphatic rings. The predicted molar refractivity (Wildman–Crippen MR) is 262 cm³/mol. The molecule has 0 radical (unpaired) electrons. The van der Waals surface area contributed by atoms with E-state index in [2.05, 4.69) is 43.5 Å². The SMILES string of the molecule is CCCCCCC/C=C\C/C=C\CCCCCCCCCCCC(=O)NC(CO)C(O)/C=C/CCCCCCCCCCCCCCCCCCCCCCCCCC. The van der Waals surface area contributed by atoms with Gasteiger partial charge in [0.1, 0.15) is 0 Å². The fourth-order valence-electron chi connectivity index (χ4n) is 8.27. The normalized spacial score (nSPS) is 13.1. The third-order valence-corrected chi connectivity index (χ3v) is 12.4. The molecule has 0 spiro atoms. The van der Waals surface area contributed by atoms with Gasteiger partial charge in [0.05, 0.1) is 18.8 Å². The first kappa shape index (κ1) is 57.6. The summed E-state index contributed by atoms with van der Waals surface area (Å²) in [6, 6.07) is -0.625. The standard InChI is InChI=1S/C55H105NO3/c1-3-5-7-9-11-13-15-17-19-21-23-25-26-27-28-29-31-32-34-36-38-40-42-44-46-48-50-54(58)53(52-57)56-55(59)51-49-47-45-43-41-39-37-35-33-30-24-22-20-18-16-14-12-10-8-6-4-2/h16,18,22,24,48,50,53-54,57-58H,3-15,17,19-21,23,25-47,49,51-52H2,1-2H3,(H,56,59)/b18-16-,24-22-,50-48+. The van der Waals surface area contributed by atoms with Gasteiger partial charge in [-0.2, -0.15) is 0 Å². The molecule has 0 aromatic rings. The minimum Gasteiger partial charge on any atom is -0.394 e. The van der Waals surface area contributed by atoms with Crippen molar-refractivity contribution in [3.8, 4) is 0 Å². The fourth-order valence-corrected chi connectivity index (χ4v) is 8.27. The molecular weight excluding hydrogens is 723 g/mol. The van der Waals surface area contributed by atoms with Gasteiger partial charge >= 0.3 is 0 Å². The van der Waals surface area contributed by atoms with Crippen LogP contribution in [0.5, 0.6) is 0 Å². The lowest BCUT2D eigenvalue weighted by Gasteiger charge is -2.20. The van der Waals surface area contributed by atoms with Gasteiger partial charge in [-0.25, -0.2) is 0 Å². The zero-order valence-electron chi connectivity index (χ0n) is 40.0. The number of allylic oxidation sites excluding steroid dienone is 5. The van der Waals surface area contributed by atoms with Crippen LogP contribution in [0.4, 0.5) is 0 Å². The largest absolute Gasteiger partial charge is 0.394 e. The number of aliphatic hydroxyl groups is 2. The van der Waals surface area contributed by atoms with E-state index >= 15 is 0 Å². The highest BCUT2D eigenvalue weighted by Gasteiger charge is 2.18. The van der Waals surface area contributed by atoms with E-state index in [0.29, 0.717) is 6.42 Å². The zero-order chi connectivity index (χ0) is 42.8. The molecule has 4 nitrogen and oxygen atoms in total. The Morgan fingerprint density at radius 2 is 0.695 bits per heavy atom. The summed E-state index contributed by atoms with van der Waals surface area (Å²) in [6.45, 7) is 4.32. The van der Waals surface area contributed by atoms with Crippen LogP contribution in [0.2, 0.25) is 0 Å². The van der Waals surface area contributed by atoms with Crippen LogP contribution in [-0.2, 0) is 4.79 Å². The first-order chi connectivity index (χ1) is 29.2. The van der Waals surface area contributed by atoms with Gasteiger partial charge in [-0.05, 0) is 51.4 Å². The Morgan fingerprint density at radius 1 is 0.407 bits per heavy atom. The summed E-state index contributed by atoms with van der Waals surface area (Å²) in [5.74, 6) is -0.0654. The number of hydrogen-bond acceptors (Lipinski definition) is 3. The number of rotatable bonds is 49. The summed E-state index contributed by atoms with van der Waals surface area (Å²) in [6.07, 6.45) is 68.6. The maximum absolute atomic E-state index is 12.4. The summed E-state index contributed by atoms with van der Waals surface area (Å²) in [5, 5.41) is 23.1. The fraction of sp³-hybridized carbons (Fsp3) is 0.873. The Balaban J connectivity index is 3.50. The Labute approximate surface area is 370 Å². The Bertz CT molecular complexity index is 897. The highest BCUT2D eigenvalue weighted by atomic mass is 16.3. The molecule has 348 valence electrons. The van der Waals surface area contributed by atoms with E-state index in [1.165, 1.54) is 238 Å². The molecule has 0 aromatic carbocycles. The number of carbonyl (C=O) groups is 1. The molecule has 0 rings (SSSR count). The third-order valence-electron chi connectivity index (χ3n) is 12.4. The van der Waals surface area contributed by atoms with E-state index in [1.807, 2.05) is 6.08 Å². The van der Waals surface area contributed by atoms with E-state index in [4.69, 9.17) is 0 Å². The molecule has 0 heterocycles. The van der Waals surface area contributed by atoms with Crippen LogP contribution in [0.3, 0.4) is 0 Å². The van der Waals surface area contributed by atoms with Gasteiger partial charge in [-0.15, -0.1) is 0 Å². The van der Waals surface area contributed by atoms with Crippen molar-refractivity contribution >= 4 is 5.91 Å². The highest BCUT2D eigenvalue weighted by Crippen LogP contribution is 2.17. The second-order valence-corrected chi connectivity index (χ2v) is 18.3.